The molecule has 0 unspecified atom stereocenters. The van der Waals surface area contributed by atoms with Gasteiger partial charge in [-0.3, -0.25) is 4.79 Å². The molecule has 0 bridgehead atoms. The maximum atomic E-state index is 11.9. The third kappa shape index (κ3) is 10.7. The first-order valence-electron chi connectivity index (χ1n) is 11.4. The van der Waals surface area contributed by atoms with E-state index in [2.05, 4.69) is 6.92 Å². The predicted octanol–water partition coefficient (Wildman–Crippen LogP) is 3.49. The summed E-state index contributed by atoms with van der Waals surface area (Å²) in [5, 5.41) is 28.7. The minimum absolute atomic E-state index is 0.0151. The molecule has 166 valence electrons. The third-order valence-electron chi connectivity index (χ3n) is 5.50. The van der Waals surface area contributed by atoms with Crippen molar-refractivity contribution in [2.75, 3.05) is 13.2 Å². The number of ether oxygens (including phenoxy) is 2. The van der Waals surface area contributed by atoms with E-state index >= 15 is 0 Å². The fourth-order valence-electron chi connectivity index (χ4n) is 3.68. The van der Waals surface area contributed by atoms with Gasteiger partial charge in [0.15, 0.2) is 6.10 Å². The van der Waals surface area contributed by atoms with Crippen LogP contribution in [-0.2, 0) is 14.3 Å². The monoisotopic (exact) mass is 402 g/mol. The molecule has 1 fully saturated rings. The number of rotatable bonds is 17. The van der Waals surface area contributed by atoms with Crippen LogP contribution in [-0.4, -0.2) is 58.9 Å². The van der Waals surface area contributed by atoms with Gasteiger partial charge in [0.2, 0.25) is 0 Å². The van der Waals surface area contributed by atoms with Crippen LogP contribution in [0.5, 0.6) is 0 Å². The Morgan fingerprint density at radius 3 is 1.86 bits per heavy atom. The van der Waals surface area contributed by atoms with Gasteiger partial charge in [0.1, 0.15) is 18.3 Å². The van der Waals surface area contributed by atoms with Crippen molar-refractivity contribution in [2.24, 2.45) is 0 Å². The van der Waals surface area contributed by atoms with Gasteiger partial charge in [-0.1, -0.05) is 84.0 Å². The lowest BCUT2D eigenvalue weighted by Gasteiger charge is -2.24. The summed E-state index contributed by atoms with van der Waals surface area (Å²) in [5.74, 6) is -0.390. The fraction of sp³-hybridized carbons (Fsp3) is 0.955. The third-order valence-corrected chi connectivity index (χ3v) is 5.50. The van der Waals surface area contributed by atoms with E-state index in [0.717, 1.165) is 19.3 Å². The molecule has 1 saturated heterocycles. The van der Waals surface area contributed by atoms with Gasteiger partial charge in [0.05, 0.1) is 13.2 Å². The van der Waals surface area contributed by atoms with Crippen molar-refractivity contribution in [1.82, 2.24) is 0 Å². The summed E-state index contributed by atoms with van der Waals surface area (Å²) in [6, 6.07) is 0. The summed E-state index contributed by atoms with van der Waals surface area (Å²) in [6.07, 6.45) is 12.6. The van der Waals surface area contributed by atoms with Crippen LogP contribution in [0.25, 0.3) is 0 Å². The van der Waals surface area contributed by atoms with Crippen molar-refractivity contribution in [3.8, 4) is 0 Å². The van der Waals surface area contributed by atoms with Crippen molar-refractivity contribution >= 4 is 5.97 Å². The zero-order chi connectivity index (χ0) is 20.6. The number of esters is 1. The van der Waals surface area contributed by atoms with Crippen LogP contribution >= 0.6 is 0 Å². The Morgan fingerprint density at radius 2 is 1.43 bits per heavy atom. The van der Waals surface area contributed by atoms with Crippen molar-refractivity contribution in [2.45, 2.75) is 121 Å². The lowest BCUT2D eigenvalue weighted by Crippen LogP contribution is -2.43. The molecule has 1 aliphatic rings. The molecule has 1 aliphatic heterocycles. The Bertz CT molecular complexity index is 389. The molecule has 0 saturated carbocycles. The molecular weight excluding hydrogens is 360 g/mol. The van der Waals surface area contributed by atoms with Crippen molar-refractivity contribution in [1.29, 1.82) is 0 Å². The lowest BCUT2D eigenvalue weighted by atomic mass is 10.0. The topological polar surface area (TPSA) is 96.2 Å². The van der Waals surface area contributed by atoms with Gasteiger partial charge in [0, 0.05) is 6.42 Å². The summed E-state index contributed by atoms with van der Waals surface area (Å²) in [7, 11) is 0. The molecule has 3 N–H and O–H groups in total. The first-order valence-corrected chi connectivity index (χ1v) is 11.4. The highest BCUT2D eigenvalue weighted by Crippen LogP contribution is 2.20. The molecule has 0 aromatic rings. The zero-order valence-corrected chi connectivity index (χ0v) is 17.7. The van der Waals surface area contributed by atoms with Gasteiger partial charge in [-0.2, -0.15) is 0 Å². The first kappa shape index (κ1) is 25.3. The van der Waals surface area contributed by atoms with Crippen molar-refractivity contribution in [3.63, 3.8) is 0 Å². The van der Waals surface area contributed by atoms with E-state index in [4.69, 9.17) is 9.47 Å². The minimum Gasteiger partial charge on any atom is -0.457 e. The Morgan fingerprint density at radius 1 is 0.929 bits per heavy atom. The van der Waals surface area contributed by atoms with Crippen LogP contribution in [0, 0.1) is 0 Å². The molecular formula is C22H42O6. The number of aliphatic hydroxyl groups is 3. The number of unbranched alkanes of at least 4 members (excludes halogenated alkanes) is 12. The van der Waals surface area contributed by atoms with Crippen LogP contribution in [0.3, 0.4) is 0 Å². The standard InChI is InChI=1S/C22H42O6/c1-2-3-4-5-6-7-8-9-10-11-12-13-14-15-20(25)28-19(16-23)22-21(26)18(24)17-27-22/h18-19,21-24,26H,2-17H2,1H3/t18-,19+,21+,22+/m0/s1. The second kappa shape index (κ2) is 16.1. The van der Waals surface area contributed by atoms with E-state index in [-0.39, 0.29) is 12.6 Å². The maximum absolute atomic E-state index is 11.9. The second-order valence-corrected chi connectivity index (χ2v) is 8.06. The highest BCUT2D eigenvalue weighted by molar-refractivity contribution is 5.69. The van der Waals surface area contributed by atoms with Crippen LogP contribution in [0.1, 0.15) is 96.8 Å². The largest absolute Gasteiger partial charge is 0.457 e. The van der Waals surface area contributed by atoms with Crippen molar-refractivity contribution < 1.29 is 29.6 Å². The van der Waals surface area contributed by atoms with Gasteiger partial charge >= 0.3 is 5.97 Å². The van der Waals surface area contributed by atoms with E-state index in [1.807, 2.05) is 0 Å². The molecule has 0 radical (unpaired) electrons. The van der Waals surface area contributed by atoms with Gasteiger partial charge in [-0.15, -0.1) is 0 Å². The highest BCUT2D eigenvalue weighted by atomic mass is 16.6. The molecule has 4 atom stereocenters. The van der Waals surface area contributed by atoms with E-state index in [9.17, 15) is 20.1 Å². The normalized spacial score (nSPS) is 23.1. The minimum atomic E-state index is -1.14. The number of hydrogen-bond acceptors (Lipinski definition) is 6. The quantitative estimate of drug-likeness (QED) is 0.255. The second-order valence-electron chi connectivity index (χ2n) is 8.06. The molecule has 6 heteroatoms. The predicted molar refractivity (Wildman–Crippen MR) is 109 cm³/mol. The first-order chi connectivity index (χ1) is 13.6. The Kier molecular flexibility index (Phi) is 14.6. The Balaban J connectivity index is 1.95. The van der Waals surface area contributed by atoms with Crippen LogP contribution in [0.15, 0.2) is 0 Å². The van der Waals surface area contributed by atoms with Crippen molar-refractivity contribution in [3.05, 3.63) is 0 Å². The van der Waals surface area contributed by atoms with E-state index in [1.165, 1.54) is 64.2 Å². The molecule has 6 nitrogen and oxygen atoms in total. The number of aliphatic hydroxyl groups excluding tert-OH is 3. The molecule has 28 heavy (non-hydrogen) atoms. The zero-order valence-electron chi connectivity index (χ0n) is 17.7. The number of hydrogen-bond donors (Lipinski definition) is 3. The number of carbonyl (C=O) groups excluding carboxylic acids is 1. The maximum Gasteiger partial charge on any atom is 0.306 e. The molecule has 0 spiro atoms. The molecule has 0 aliphatic carbocycles. The van der Waals surface area contributed by atoms with E-state index in [1.54, 1.807) is 0 Å². The SMILES string of the molecule is CCCCCCCCCCCCCCCC(=O)O[C@H](CO)[C@H]1OC[C@H](O)[C@H]1O. The highest BCUT2D eigenvalue weighted by Gasteiger charge is 2.41. The average Bonchev–Trinajstić information content (AvgIpc) is 3.02. The summed E-state index contributed by atoms with van der Waals surface area (Å²) in [4.78, 5) is 11.9. The fourth-order valence-corrected chi connectivity index (χ4v) is 3.68. The Hall–Kier alpha value is -0.690. The molecule has 0 aromatic carbocycles. The summed E-state index contributed by atoms with van der Waals surface area (Å²) in [6.45, 7) is 1.80. The van der Waals surface area contributed by atoms with Gasteiger partial charge in [-0.05, 0) is 6.42 Å². The molecule has 0 aromatic heterocycles. The van der Waals surface area contributed by atoms with Crippen LogP contribution in [0.2, 0.25) is 0 Å². The summed E-state index contributed by atoms with van der Waals surface area (Å²) < 4.78 is 10.4. The number of carbonyl (C=O) groups is 1. The van der Waals surface area contributed by atoms with Crippen LogP contribution in [0.4, 0.5) is 0 Å². The summed E-state index contributed by atoms with van der Waals surface area (Å²) >= 11 is 0. The molecule has 0 amide bonds. The smallest absolute Gasteiger partial charge is 0.306 e. The summed E-state index contributed by atoms with van der Waals surface area (Å²) in [5.41, 5.74) is 0. The van der Waals surface area contributed by atoms with Gasteiger partial charge in [0.25, 0.3) is 0 Å². The van der Waals surface area contributed by atoms with Gasteiger partial charge < -0.3 is 24.8 Å². The van der Waals surface area contributed by atoms with Gasteiger partial charge in [-0.25, -0.2) is 0 Å². The van der Waals surface area contributed by atoms with Crippen LogP contribution < -0.4 is 0 Å². The molecule has 1 rings (SSSR count). The van der Waals surface area contributed by atoms with E-state index in [0.29, 0.717) is 6.42 Å². The Labute approximate surface area is 170 Å². The molecule has 1 heterocycles. The lowest BCUT2D eigenvalue weighted by molar-refractivity contribution is -0.162. The van der Waals surface area contributed by atoms with E-state index < -0.39 is 31.0 Å². The average molecular weight is 403 g/mol.